The Labute approximate surface area is 101 Å². The van der Waals surface area contributed by atoms with Crippen LogP contribution in [0.1, 0.15) is 5.56 Å². The highest BCUT2D eigenvalue weighted by molar-refractivity contribution is 5.99. The minimum atomic E-state index is 0.579. The summed E-state index contributed by atoms with van der Waals surface area (Å²) < 4.78 is 0. The Hall–Kier alpha value is -2.26. The second-order valence-electron chi connectivity index (χ2n) is 4.19. The highest BCUT2D eigenvalue weighted by Crippen LogP contribution is 2.25. The van der Waals surface area contributed by atoms with E-state index in [2.05, 4.69) is 54.5 Å². The molecule has 0 unspecified atom stereocenters. The van der Waals surface area contributed by atoms with E-state index in [0.29, 0.717) is 6.42 Å². The SMILES string of the molecule is [C]#CCc1cccc2cc3ccccc3cc12. The zero-order valence-electron chi connectivity index (χ0n) is 9.40. The lowest BCUT2D eigenvalue weighted by molar-refractivity contribution is 1.36. The van der Waals surface area contributed by atoms with E-state index >= 15 is 0 Å². The van der Waals surface area contributed by atoms with Gasteiger partial charge in [0, 0.05) is 6.42 Å². The monoisotopic (exact) mass is 215 g/mol. The summed E-state index contributed by atoms with van der Waals surface area (Å²) in [6, 6.07) is 19.0. The van der Waals surface area contributed by atoms with E-state index in [0.717, 1.165) is 0 Å². The molecular formula is C17H11. The molecule has 0 aliphatic heterocycles. The molecule has 79 valence electrons. The van der Waals surface area contributed by atoms with Crippen LogP contribution in [0.25, 0.3) is 21.5 Å². The van der Waals surface area contributed by atoms with Crippen LogP contribution < -0.4 is 0 Å². The molecule has 0 amide bonds. The van der Waals surface area contributed by atoms with Crippen LogP contribution >= 0.6 is 0 Å². The molecule has 0 fully saturated rings. The van der Waals surface area contributed by atoms with E-state index in [1.807, 2.05) is 6.07 Å². The molecule has 0 aliphatic rings. The van der Waals surface area contributed by atoms with Crippen molar-refractivity contribution in [2.24, 2.45) is 0 Å². The molecule has 0 heterocycles. The predicted molar refractivity (Wildman–Crippen MR) is 72.3 cm³/mol. The van der Waals surface area contributed by atoms with Crippen LogP contribution in [0.15, 0.2) is 54.6 Å². The van der Waals surface area contributed by atoms with E-state index in [9.17, 15) is 0 Å². The Kier molecular flexibility index (Phi) is 2.31. The lowest BCUT2D eigenvalue weighted by Gasteiger charge is -2.06. The standard InChI is InChI=1S/C17H11/c1-2-6-13-9-5-10-16-11-14-7-3-4-8-15(14)12-17(13)16/h3-5,7-12H,6H2. The number of hydrogen-bond donors (Lipinski definition) is 0. The lowest BCUT2D eigenvalue weighted by atomic mass is 9.98. The molecule has 0 N–H and O–H groups in total. The van der Waals surface area contributed by atoms with Crippen molar-refractivity contribution in [1.82, 2.24) is 0 Å². The summed E-state index contributed by atoms with van der Waals surface area (Å²) in [5.41, 5.74) is 1.17. The molecule has 0 aliphatic carbocycles. The van der Waals surface area contributed by atoms with Gasteiger partial charge in [0.05, 0.1) is 0 Å². The normalized spacial score (nSPS) is 10.5. The van der Waals surface area contributed by atoms with Gasteiger partial charge < -0.3 is 0 Å². The predicted octanol–water partition coefficient (Wildman–Crippen LogP) is 4.13. The second kappa shape index (κ2) is 3.96. The molecule has 3 aromatic rings. The van der Waals surface area contributed by atoms with E-state index < -0.39 is 0 Å². The number of fused-ring (bicyclic) bond motifs is 2. The summed E-state index contributed by atoms with van der Waals surface area (Å²) in [7, 11) is 0. The van der Waals surface area contributed by atoms with Crippen molar-refractivity contribution >= 4 is 21.5 Å². The van der Waals surface area contributed by atoms with Gasteiger partial charge in [-0.05, 0) is 45.7 Å². The summed E-state index contributed by atoms with van der Waals surface area (Å²) in [6.07, 6.45) is 7.71. The maximum atomic E-state index is 7.13. The molecule has 0 aromatic heterocycles. The molecule has 0 saturated carbocycles. The molecule has 3 rings (SSSR count). The van der Waals surface area contributed by atoms with E-state index in [4.69, 9.17) is 6.42 Å². The number of benzene rings is 3. The smallest absolute Gasteiger partial charge is 0.0356 e. The number of rotatable bonds is 1. The third kappa shape index (κ3) is 1.66. The Morgan fingerprint density at radius 3 is 2.29 bits per heavy atom. The van der Waals surface area contributed by atoms with Gasteiger partial charge in [0.1, 0.15) is 0 Å². The van der Waals surface area contributed by atoms with Crippen LogP contribution in [0.3, 0.4) is 0 Å². The summed E-state index contributed by atoms with van der Waals surface area (Å²) in [4.78, 5) is 0. The van der Waals surface area contributed by atoms with Gasteiger partial charge in [0.2, 0.25) is 0 Å². The van der Waals surface area contributed by atoms with Crippen molar-refractivity contribution < 1.29 is 0 Å². The van der Waals surface area contributed by atoms with Crippen LogP contribution in [-0.2, 0) is 6.42 Å². The minimum absolute atomic E-state index is 0.579. The molecule has 1 radical (unpaired) electrons. The summed E-state index contributed by atoms with van der Waals surface area (Å²) in [5.74, 6) is 2.47. The van der Waals surface area contributed by atoms with Crippen LogP contribution in [0.2, 0.25) is 0 Å². The van der Waals surface area contributed by atoms with E-state index in [1.54, 1.807) is 0 Å². The first kappa shape index (κ1) is 9.93. The van der Waals surface area contributed by atoms with Gasteiger partial charge >= 0.3 is 0 Å². The molecule has 0 nitrogen and oxygen atoms in total. The maximum Gasteiger partial charge on any atom is 0.0356 e. The molecule has 0 spiro atoms. The van der Waals surface area contributed by atoms with Crippen molar-refractivity contribution in [1.29, 1.82) is 0 Å². The van der Waals surface area contributed by atoms with E-state index in [-0.39, 0.29) is 0 Å². The first-order valence-corrected chi connectivity index (χ1v) is 5.68. The van der Waals surface area contributed by atoms with Gasteiger partial charge in [-0.15, -0.1) is 0 Å². The van der Waals surface area contributed by atoms with Crippen molar-refractivity contribution in [3.05, 3.63) is 66.6 Å². The van der Waals surface area contributed by atoms with Crippen molar-refractivity contribution in [3.63, 3.8) is 0 Å². The zero-order chi connectivity index (χ0) is 11.7. The average Bonchev–Trinajstić information content (AvgIpc) is 2.37. The molecule has 0 heteroatoms. The highest BCUT2D eigenvalue weighted by atomic mass is 14.1. The summed E-state index contributed by atoms with van der Waals surface area (Å²) in [5, 5.41) is 4.97. The topological polar surface area (TPSA) is 0 Å². The molecule has 3 aromatic carbocycles. The van der Waals surface area contributed by atoms with Crippen LogP contribution in [0.4, 0.5) is 0 Å². The fourth-order valence-electron chi connectivity index (χ4n) is 2.28. The first-order valence-electron chi connectivity index (χ1n) is 5.68. The van der Waals surface area contributed by atoms with Crippen molar-refractivity contribution in [2.75, 3.05) is 0 Å². The van der Waals surface area contributed by atoms with Gasteiger partial charge in [-0.3, -0.25) is 0 Å². The molecule has 0 bridgehead atoms. The van der Waals surface area contributed by atoms with Crippen LogP contribution in [0.5, 0.6) is 0 Å². The van der Waals surface area contributed by atoms with Crippen molar-refractivity contribution in [3.8, 4) is 5.92 Å². The molecule has 0 saturated heterocycles. The van der Waals surface area contributed by atoms with Gasteiger partial charge in [-0.25, -0.2) is 0 Å². The third-order valence-corrected chi connectivity index (χ3v) is 3.12. The molecular weight excluding hydrogens is 204 g/mol. The van der Waals surface area contributed by atoms with Crippen LogP contribution in [-0.4, -0.2) is 0 Å². The first-order chi connectivity index (χ1) is 8.38. The largest absolute Gasteiger partial charge is 0.0843 e. The Bertz CT molecular complexity index is 730. The van der Waals surface area contributed by atoms with Gasteiger partial charge in [-0.2, -0.15) is 0 Å². The average molecular weight is 215 g/mol. The van der Waals surface area contributed by atoms with Gasteiger partial charge in [0.25, 0.3) is 0 Å². The zero-order valence-corrected chi connectivity index (χ0v) is 9.40. The third-order valence-electron chi connectivity index (χ3n) is 3.12. The molecule has 17 heavy (non-hydrogen) atoms. The maximum absolute atomic E-state index is 7.13. The quantitative estimate of drug-likeness (QED) is 0.423. The van der Waals surface area contributed by atoms with Crippen LogP contribution in [0, 0.1) is 12.3 Å². The fraction of sp³-hybridized carbons (Fsp3) is 0.0588. The number of hydrogen-bond acceptors (Lipinski definition) is 0. The van der Waals surface area contributed by atoms with Crippen molar-refractivity contribution in [2.45, 2.75) is 6.42 Å². The fourth-order valence-corrected chi connectivity index (χ4v) is 2.28. The van der Waals surface area contributed by atoms with E-state index in [1.165, 1.54) is 27.1 Å². The summed E-state index contributed by atoms with van der Waals surface area (Å²) >= 11 is 0. The highest BCUT2D eigenvalue weighted by Gasteiger charge is 2.01. The second-order valence-corrected chi connectivity index (χ2v) is 4.19. The molecule has 0 atom stereocenters. The Balaban J connectivity index is 2.40. The Morgan fingerprint density at radius 1 is 0.824 bits per heavy atom. The summed E-state index contributed by atoms with van der Waals surface area (Å²) in [6.45, 7) is 0. The lowest BCUT2D eigenvalue weighted by Crippen LogP contribution is -1.85. The van der Waals surface area contributed by atoms with Gasteiger partial charge in [-0.1, -0.05) is 48.4 Å². The minimum Gasteiger partial charge on any atom is -0.0843 e. The van der Waals surface area contributed by atoms with Gasteiger partial charge in [0.15, 0.2) is 0 Å². The Morgan fingerprint density at radius 2 is 1.53 bits per heavy atom.